The lowest BCUT2D eigenvalue weighted by Crippen LogP contribution is -1.89. The van der Waals surface area contributed by atoms with Crippen molar-refractivity contribution in [3.8, 4) is 22.6 Å². The molecule has 75 heavy (non-hydrogen) atoms. The van der Waals surface area contributed by atoms with Gasteiger partial charge in [0, 0.05) is 54.2 Å². The minimum atomic E-state index is -0.0832. The van der Waals surface area contributed by atoms with Crippen LogP contribution in [0.2, 0.25) is 0 Å². The predicted molar refractivity (Wildman–Crippen MR) is 311 cm³/mol. The molecule has 0 saturated carbocycles. The van der Waals surface area contributed by atoms with Gasteiger partial charge >= 0.3 is 0 Å². The lowest BCUT2D eigenvalue weighted by molar-refractivity contribution is 0.464. The molecule has 2 N–H and O–H groups in total. The molecule has 0 aliphatic rings. The zero-order valence-corrected chi connectivity index (χ0v) is 41.3. The topological polar surface area (TPSA) is 93.0 Å². The number of aryl methyl sites for hydroxylation is 1. The fourth-order valence-electron chi connectivity index (χ4n) is 13.4. The fourth-order valence-corrected chi connectivity index (χ4v) is 13.4. The van der Waals surface area contributed by atoms with Gasteiger partial charge in [-0.05, 0) is 95.2 Å². The molecule has 360 valence electrons. The van der Waals surface area contributed by atoms with Crippen LogP contribution in [0.15, 0.2) is 181 Å². The van der Waals surface area contributed by atoms with E-state index in [1.807, 2.05) is 54.6 Å². The van der Waals surface area contributed by atoms with Crippen LogP contribution in [-0.4, -0.2) is 10.2 Å². The van der Waals surface area contributed by atoms with E-state index in [1.54, 1.807) is 0 Å². The maximum Gasteiger partial charge on any atom is 0.179 e. The monoisotopic (exact) mass is 972 g/mol. The highest BCUT2D eigenvalue weighted by molar-refractivity contribution is 6.43. The summed E-state index contributed by atoms with van der Waals surface area (Å²) < 4.78 is 28.5. The summed E-state index contributed by atoms with van der Waals surface area (Å²) in [6.45, 7) is 2.27. The predicted octanol–water partition coefficient (Wildman–Crippen LogP) is 20.6. The van der Waals surface area contributed by atoms with Crippen LogP contribution in [-0.2, 0) is 6.42 Å². The Hall–Kier alpha value is -9.00. The molecule has 0 bridgehead atoms. The summed E-state index contributed by atoms with van der Waals surface area (Å²) in [6, 6.07) is 56.6. The van der Waals surface area contributed by atoms with Crippen molar-refractivity contribution < 1.29 is 27.9 Å². The Bertz CT molecular complexity index is 5120. The standard InChI is InChI=1S/C69H48O6/c1-2-3-4-5-6-7-8-23-39-36-38-22-10-12-25-41(38)54-57-46-30-17-19-32-48(46)59-60-49-33-20-18-31-47(49)58-56-45-29-16-14-27-43(45)53(62(71)65(56)74-67(58)69(60)75-68(59)66(57)73-63(39)54)52-42-26-13-15-28-44(42)55-51-40-24-11-9-21-37(40)34-35-50(51)72-64(55)61(52)70/h9-22,24-36,70-71H,2-8,23H2,1H3. The third kappa shape index (κ3) is 5.79. The number of fused-ring (bicyclic) bond motifs is 28. The van der Waals surface area contributed by atoms with Crippen molar-refractivity contribution in [1.29, 1.82) is 0 Å². The van der Waals surface area contributed by atoms with Crippen LogP contribution in [0.1, 0.15) is 57.4 Å². The molecule has 16 rings (SSSR count). The second kappa shape index (κ2) is 16.0. The molecule has 0 fully saturated rings. The largest absolute Gasteiger partial charge is 0.504 e. The Balaban J connectivity index is 1.01. The number of hydrogen-bond acceptors (Lipinski definition) is 6. The smallest absolute Gasteiger partial charge is 0.179 e. The van der Waals surface area contributed by atoms with E-state index in [0.717, 1.165) is 121 Å². The maximum absolute atomic E-state index is 13.1. The number of rotatable bonds is 9. The van der Waals surface area contributed by atoms with E-state index in [1.165, 1.54) is 49.5 Å². The SMILES string of the molecule is CCCCCCCCCc1cc2ccccc2c2c1oc1c3oc4c5oc6c(O)c(-c7c(O)c8oc9ccc%10ccccc%10c9c8c8ccccc78)c7ccccc7c6c5c5ccccc5c4c3c3ccccc3c12. The van der Waals surface area contributed by atoms with Gasteiger partial charge in [0.05, 0.1) is 0 Å². The summed E-state index contributed by atoms with van der Waals surface area (Å²) >= 11 is 0. The van der Waals surface area contributed by atoms with Crippen molar-refractivity contribution in [2.24, 2.45) is 0 Å². The average Bonchev–Trinajstić information content (AvgIpc) is 4.39. The molecule has 0 radical (unpaired) electrons. The molecule has 0 aliphatic heterocycles. The van der Waals surface area contributed by atoms with Crippen LogP contribution in [0.3, 0.4) is 0 Å². The van der Waals surface area contributed by atoms with E-state index < -0.39 is 0 Å². The number of unbranched alkanes of at least 4 members (excludes halogenated alkanes) is 6. The Morgan fingerprint density at radius 3 is 1.20 bits per heavy atom. The molecule has 16 aromatic rings. The van der Waals surface area contributed by atoms with E-state index >= 15 is 0 Å². The molecule has 0 amide bonds. The lowest BCUT2D eigenvalue weighted by Gasteiger charge is -2.16. The molecule has 0 saturated heterocycles. The number of hydrogen-bond donors (Lipinski definition) is 2. The molecular weight excluding hydrogens is 925 g/mol. The van der Waals surface area contributed by atoms with Gasteiger partial charge in [-0.2, -0.15) is 0 Å². The van der Waals surface area contributed by atoms with Gasteiger partial charge < -0.3 is 27.9 Å². The maximum atomic E-state index is 13.1. The van der Waals surface area contributed by atoms with E-state index in [-0.39, 0.29) is 11.5 Å². The Kier molecular flexibility index (Phi) is 9.07. The summed E-state index contributed by atoms with van der Waals surface area (Å²) in [7, 11) is 0. The third-order valence-electron chi connectivity index (χ3n) is 16.6. The summed E-state index contributed by atoms with van der Waals surface area (Å²) in [5.74, 6) is -0.134. The molecule has 0 unspecified atom stereocenters. The normalized spacial score (nSPS) is 12.6. The van der Waals surface area contributed by atoms with Crippen LogP contribution >= 0.6 is 0 Å². The number of benzene rings is 12. The Morgan fingerprint density at radius 2 is 0.667 bits per heavy atom. The van der Waals surface area contributed by atoms with Crippen molar-refractivity contribution in [2.45, 2.75) is 58.3 Å². The first-order chi connectivity index (χ1) is 37.1. The van der Waals surface area contributed by atoms with Gasteiger partial charge in [0.1, 0.15) is 11.2 Å². The zero-order chi connectivity index (χ0) is 49.6. The molecule has 4 aromatic heterocycles. The van der Waals surface area contributed by atoms with E-state index in [2.05, 4.69) is 116 Å². The van der Waals surface area contributed by atoms with Gasteiger partial charge in [0.2, 0.25) is 0 Å². The van der Waals surface area contributed by atoms with E-state index in [0.29, 0.717) is 50.2 Å². The fraction of sp³-hybridized carbons (Fsp3) is 0.130. The van der Waals surface area contributed by atoms with Crippen molar-refractivity contribution in [1.82, 2.24) is 0 Å². The molecular formula is C69H48O6. The van der Waals surface area contributed by atoms with Crippen molar-refractivity contribution >= 4 is 152 Å². The molecule has 4 heterocycles. The first kappa shape index (κ1) is 42.5. The number of phenolic OH excluding ortho intramolecular Hbond substituents is 2. The second-order valence-electron chi connectivity index (χ2n) is 20.8. The van der Waals surface area contributed by atoms with E-state index in [4.69, 9.17) is 17.7 Å². The zero-order valence-electron chi connectivity index (χ0n) is 41.3. The molecule has 6 nitrogen and oxygen atoms in total. The third-order valence-corrected chi connectivity index (χ3v) is 16.6. The van der Waals surface area contributed by atoms with Crippen LogP contribution in [0.4, 0.5) is 0 Å². The van der Waals surface area contributed by atoms with Crippen molar-refractivity contribution in [3.63, 3.8) is 0 Å². The van der Waals surface area contributed by atoms with Gasteiger partial charge in [-0.25, -0.2) is 0 Å². The van der Waals surface area contributed by atoms with Gasteiger partial charge in [0.15, 0.2) is 45.0 Å². The minimum absolute atomic E-state index is 0.0508. The Morgan fingerprint density at radius 1 is 0.307 bits per heavy atom. The average molecular weight is 973 g/mol. The van der Waals surface area contributed by atoms with Gasteiger partial charge in [0.25, 0.3) is 0 Å². The van der Waals surface area contributed by atoms with Crippen molar-refractivity contribution in [3.05, 3.63) is 169 Å². The van der Waals surface area contributed by atoms with Gasteiger partial charge in [-0.15, -0.1) is 0 Å². The lowest BCUT2D eigenvalue weighted by atomic mass is 9.88. The second-order valence-corrected chi connectivity index (χ2v) is 20.8. The summed E-state index contributed by atoms with van der Waals surface area (Å²) in [5.41, 5.74) is 6.88. The highest BCUT2D eigenvalue weighted by Gasteiger charge is 2.32. The van der Waals surface area contributed by atoms with Crippen LogP contribution in [0, 0.1) is 0 Å². The molecule has 0 atom stereocenters. The number of phenols is 2. The molecule has 0 aliphatic carbocycles. The number of aromatic hydroxyl groups is 2. The number of furan rings is 4. The van der Waals surface area contributed by atoms with E-state index in [9.17, 15) is 10.2 Å². The van der Waals surface area contributed by atoms with Crippen LogP contribution < -0.4 is 0 Å². The first-order valence-corrected chi connectivity index (χ1v) is 26.6. The quantitative estimate of drug-likeness (QED) is 0.140. The van der Waals surface area contributed by atoms with Crippen molar-refractivity contribution in [2.75, 3.05) is 0 Å². The van der Waals surface area contributed by atoms with Crippen LogP contribution in [0.5, 0.6) is 11.5 Å². The highest BCUT2D eigenvalue weighted by Crippen LogP contribution is 2.57. The summed E-state index contributed by atoms with van der Waals surface area (Å²) in [5, 5.41) is 45.3. The minimum Gasteiger partial charge on any atom is -0.504 e. The van der Waals surface area contributed by atoms with Crippen LogP contribution in [0.25, 0.3) is 164 Å². The van der Waals surface area contributed by atoms with Gasteiger partial charge in [-0.3, -0.25) is 0 Å². The molecule has 12 aromatic carbocycles. The molecule has 0 spiro atoms. The Labute approximate surface area is 428 Å². The van der Waals surface area contributed by atoms with Gasteiger partial charge in [-0.1, -0.05) is 197 Å². The summed E-state index contributed by atoms with van der Waals surface area (Å²) in [4.78, 5) is 0. The summed E-state index contributed by atoms with van der Waals surface area (Å²) in [6.07, 6.45) is 9.59. The first-order valence-electron chi connectivity index (χ1n) is 26.6. The highest BCUT2D eigenvalue weighted by atomic mass is 16.4. The molecule has 6 heteroatoms.